The van der Waals surface area contributed by atoms with Crippen molar-refractivity contribution in [3.63, 3.8) is 0 Å². The van der Waals surface area contributed by atoms with Crippen LogP contribution in [0, 0.1) is 0 Å². The van der Waals surface area contributed by atoms with E-state index in [-0.39, 0.29) is 18.1 Å². The molecule has 0 aromatic carbocycles. The SMILES string of the molecule is CCCCC(=O)N1CC(CN)OCC1C. The maximum Gasteiger partial charge on any atom is 0.222 e. The topological polar surface area (TPSA) is 55.6 Å². The maximum absolute atomic E-state index is 11.9. The van der Waals surface area contributed by atoms with Gasteiger partial charge in [0.2, 0.25) is 5.91 Å². The molecule has 2 unspecified atom stereocenters. The van der Waals surface area contributed by atoms with Gasteiger partial charge in [-0.2, -0.15) is 0 Å². The van der Waals surface area contributed by atoms with Crippen LogP contribution in [0.2, 0.25) is 0 Å². The normalized spacial score (nSPS) is 26.7. The average Bonchev–Trinajstić information content (AvgIpc) is 2.26. The van der Waals surface area contributed by atoms with E-state index in [1.165, 1.54) is 0 Å². The number of unbranched alkanes of at least 4 members (excludes halogenated alkanes) is 1. The van der Waals surface area contributed by atoms with E-state index in [0.717, 1.165) is 12.8 Å². The summed E-state index contributed by atoms with van der Waals surface area (Å²) >= 11 is 0. The third kappa shape index (κ3) is 3.47. The minimum atomic E-state index is 0.0202. The Bertz CT molecular complexity index is 209. The Kier molecular flexibility index (Phi) is 5.05. The highest BCUT2D eigenvalue weighted by Gasteiger charge is 2.28. The van der Waals surface area contributed by atoms with Gasteiger partial charge in [-0.3, -0.25) is 4.79 Å². The van der Waals surface area contributed by atoms with Crippen LogP contribution < -0.4 is 5.73 Å². The molecule has 1 aliphatic heterocycles. The molecule has 1 heterocycles. The Morgan fingerprint density at radius 3 is 2.93 bits per heavy atom. The van der Waals surface area contributed by atoms with Crippen LogP contribution in [0.3, 0.4) is 0 Å². The van der Waals surface area contributed by atoms with Gasteiger partial charge in [0.1, 0.15) is 0 Å². The Hall–Kier alpha value is -0.610. The second kappa shape index (κ2) is 6.08. The number of carbonyl (C=O) groups is 1. The molecule has 1 fully saturated rings. The van der Waals surface area contributed by atoms with E-state index >= 15 is 0 Å². The summed E-state index contributed by atoms with van der Waals surface area (Å²) in [6.07, 6.45) is 2.70. The van der Waals surface area contributed by atoms with Gasteiger partial charge < -0.3 is 15.4 Å². The molecule has 0 aromatic rings. The summed E-state index contributed by atoms with van der Waals surface area (Å²) in [7, 11) is 0. The minimum absolute atomic E-state index is 0.0202. The van der Waals surface area contributed by atoms with Gasteiger partial charge in [-0.25, -0.2) is 0 Å². The predicted octanol–water partition coefficient (Wildman–Crippen LogP) is 0.751. The molecule has 0 spiro atoms. The van der Waals surface area contributed by atoms with Gasteiger partial charge in [0.15, 0.2) is 0 Å². The van der Waals surface area contributed by atoms with Crippen LogP contribution in [0.15, 0.2) is 0 Å². The highest BCUT2D eigenvalue weighted by molar-refractivity contribution is 5.76. The van der Waals surface area contributed by atoms with Crippen molar-refractivity contribution in [2.24, 2.45) is 5.73 Å². The largest absolute Gasteiger partial charge is 0.373 e. The minimum Gasteiger partial charge on any atom is -0.373 e. The smallest absolute Gasteiger partial charge is 0.222 e. The first-order chi connectivity index (χ1) is 7.19. The molecule has 2 N–H and O–H groups in total. The lowest BCUT2D eigenvalue weighted by Gasteiger charge is -2.37. The van der Waals surface area contributed by atoms with Crippen molar-refractivity contribution in [1.82, 2.24) is 4.90 Å². The van der Waals surface area contributed by atoms with E-state index < -0.39 is 0 Å². The van der Waals surface area contributed by atoms with Gasteiger partial charge >= 0.3 is 0 Å². The van der Waals surface area contributed by atoms with Crippen LogP contribution in [-0.4, -0.2) is 42.6 Å². The van der Waals surface area contributed by atoms with E-state index in [0.29, 0.717) is 26.1 Å². The lowest BCUT2D eigenvalue weighted by Crippen LogP contribution is -2.52. The van der Waals surface area contributed by atoms with Crippen molar-refractivity contribution in [2.45, 2.75) is 45.3 Å². The Labute approximate surface area is 91.8 Å². The fourth-order valence-electron chi connectivity index (χ4n) is 1.78. The highest BCUT2D eigenvalue weighted by Crippen LogP contribution is 2.13. The lowest BCUT2D eigenvalue weighted by molar-refractivity contribution is -0.143. The van der Waals surface area contributed by atoms with E-state index in [2.05, 4.69) is 6.92 Å². The van der Waals surface area contributed by atoms with Crippen molar-refractivity contribution in [3.8, 4) is 0 Å². The molecule has 0 bridgehead atoms. The van der Waals surface area contributed by atoms with Crippen molar-refractivity contribution in [3.05, 3.63) is 0 Å². The van der Waals surface area contributed by atoms with Crippen molar-refractivity contribution in [2.75, 3.05) is 19.7 Å². The number of rotatable bonds is 4. The van der Waals surface area contributed by atoms with Crippen LogP contribution in [0.1, 0.15) is 33.1 Å². The molecule has 0 saturated carbocycles. The van der Waals surface area contributed by atoms with E-state index in [4.69, 9.17) is 10.5 Å². The van der Waals surface area contributed by atoms with Gasteiger partial charge in [-0.05, 0) is 13.3 Å². The third-order valence-electron chi connectivity index (χ3n) is 2.83. The molecule has 15 heavy (non-hydrogen) atoms. The third-order valence-corrected chi connectivity index (χ3v) is 2.83. The zero-order chi connectivity index (χ0) is 11.3. The van der Waals surface area contributed by atoms with Gasteiger partial charge in [-0.15, -0.1) is 0 Å². The van der Waals surface area contributed by atoms with Gasteiger partial charge in [0.25, 0.3) is 0 Å². The van der Waals surface area contributed by atoms with Gasteiger partial charge in [0, 0.05) is 19.5 Å². The molecule has 1 rings (SSSR count). The van der Waals surface area contributed by atoms with Gasteiger partial charge in [0.05, 0.1) is 18.8 Å². The molecular formula is C11H22N2O2. The summed E-state index contributed by atoms with van der Waals surface area (Å²) in [4.78, 5) is 13.8. The van der Waals surface area contributed by atoms with E-state index in [1.54, 1.807) is 0 Å². The van der Waals surface area contributed by atoms with Crippen LogP contribution >= 0.6 is 0 Å². The molecule has 0 aromatic heterocycles. The summed E-state index contributed by atoms with van der Waals surface area (Å²) < 4.78 is 5.51. The van der Waals surface area contributed by atoms with Crippen LogP contribution in [0.25, 0.3) is 0 Å². The van der Waals surface area contributed by atoms with E-state index in [9.17, 15) is 4.79 Å². The molecule has 88 valence electrons. The first-order valence-corrected chi connectivity index (χ1v) is 5.80. The molecule has 2 atom stereocenters. The van der Waals surface area contributed by atoms with Crippen molar-refractivity contribution < 1.29 is 9.53 Å². The van der Waals surface area contributed by atoms with Crippen molar-refractivity contribution >= 4 is 5.91 Å². The molecule has 4 heteroatoms. The molecular weight excluding hydrogens is 192 g/mol. The number of amides is 1. The summed E-state index contributed by atoms with van der Waals surface area (Å²) in [5.41, 5.74) is 5.55. The Morgan fingerprint density at radius 1 is 1.60 bits per heavy atom. The first-order valence-electron chi connectivity index (χ1n) is 5.80. The monoisotopic (exact) mass is 214 g/mol. The molecule has 1 saturated heterocycles. The summed E-state index contributed by atoms with van der Waals surface area (Å²) in [5, 5.41) is 0. The molecule has 1 amide bonds. The van der Waals surface area contributed by atoms with E-state index in [1.807, 2.05) is 11.8 Å². The fourth-order valence-corrected chi connectivity index (χ4v) is 1.78. The standard InChI is InChI=1S/C11H22N2O2/c1-3-4-5-11(14)13-7-10(6-12)15-8-9(13)2/h9-10H,3-8,12H2,1-2H3. The summed E-state index contributed by atoms with van der Waals surface area (Å²) in [6.45, 7) is 5.87. The summed E-state index contributed by atoms with van der Waals surface area (Å²) in [6, 6.07) is 0.192. The number of nitrogens with zero attached hydrogens (tertiary/aromatic N) is 1. The Morgan fingerprint density at radius 2 is 2.33 bits per heavy atom. The van der Waals surface area contributed by atoms with Crippen LogP contribution in [0.5, 0.6) is 0 Å². The second-order valence-corrected chi connectivity index (χ2v) is 4.19. The fraction of sp³-hybridized carbons (Fsp3) is 0.909. The average molecular weight is 214 g/mol. The number of hydrogen-bond acceptors (Lipinski definition) is 3. The molecule has 4 nitrogen and oxygen atoms in total. The molecule has 1 aliphatic rings. The summed E-state index contributed by atoms with van der Waals surface area (Å²) in [5.74, 6) is 0.242. The second-order valence-electron chi connectivity index (χ2n) is 4.19. The quantitative estimate of drug-likeness (QED) is 0.751. The number of hydrogen-bond donors (Lipinski definition) is 1. The first kappa shape index (κ1) is 12.5. The highest BCUT2D eigenvalue weighted by atomic mass is 16.5. The molecule has 0 radical (unpaired) electrons. The lowest BCUT2D eigenvalue weighted by atomic mass is 10.1. The number of morpholine rings is 1. The van der Waals surface area contributed by atoms with Crippen LogP contribution in [-0.2, 0) is 9.53 Å². The number of ether oxygens (including phenoxy) is 1. The zero-order valence-corrected chi connectivity index (χ0v) is 9.74. The van der Waals surface area contributed by atoms with Crippen molar-refractivity contribution in [1.29, 1.82) is 0 Å². The number of nitrogens with two attached hydrogens (primary N) is 1. The zero-order valence-electron chi connectivity index (χ0n) is 9.74. The number of carbonyl (C=O) groups excluding carboxylic acids is 1. The Balaban J connectivity index is 2.46. The maximum atomic E-state index is 11.9. The van der Waals surface area contributed by atoms with Gasteiger partial charge in [-0.1, -0.05) is 13.3 Å². The predicted molar refractivity (Wildman–Crippen MR) is 59.5 cm³/mol. The molecule has 0 aliphatic carbocycles. The van der Waals surface area contributed by atoms with Crippen LogP contribution in [0.4, 0.5) is 0 Å².